The molecule has 1 aromatic rings. The van der Waals surface area contributed by atoms with Gasteiger partial charge >= 0.3 is 0 Å². The van der Waals surface area contributed by atoms with Gasteiger partial charge in [-0.15, -0.1) is 11.3 Å². The lowest BCUT2D eigenvalue weighted by molar-refractivity contribution is 0.122. The van der Waals surface area contributed by atoms with Crippen LogP contribution in [0.15, 0.2) is 4.60 Å². The monoisotopic (exact) mass is 273 g/mol. The van der Waals surface area contributed by atoms with Gasteiger partial charge in [0.1, 0.15) is 4.60 Å². The number of halogens is 1. The average Bonchev–Trinajstić information content (AvgIpc) is 2.66. The predicted octanol–water partition coefficient (Wildman–Crippen LogP) is 2.05. The van der Waals surface area contributed by atoms with Gasteiger partial charge in [0.15, 0.2) is 5.13 Å². The Hall–Kier alpha value is -0.130. The highest BCUT2D eigenvalue weighted by Gasteiger charge is 2.15. The number of morpholine rings is 1. The Kier molecular flexibility index (Phi) is 0.888. The van der Waals surface area contributed by atoms with Crippen LogP contribution in [0, 0.1) is 6.85 Å². The molecule has 3 nitrogen and oxygen atoms in total. The molecule has 0 aromatic carbocycles. The van der Waals surface area contributed by atoms with Crippen LogP contribution in [0.1, 0.15) is 20.0 Å². The van der Waals surface area contributed by atoms with E-state index in [1.165, 1.54) is 0 Å². The third-order valence-electron chi connectivity index (χ3n) is 1.18. The van der Waals surface area contributed by atoms with Crippen LogP contribution in [-0.4, -0.2) is 31.1 Å². The van der Waals surface area contributed by atoms with E-state index in [1.807, 2.05) is 0 Å². The van der Waals surface area contributed by atoms with Crippen molar-refractivity contribution in [2.24, 2.45) is 0 Å². The third kappa shape index (κ3) is 2.03. The van der Waals surface area contributed by atoms with Crippen LogP contribution in [0.25, 0.3) is 0 Å². The molecule has 0 spiro atoms. The van der Waals surface area contributed by atoms with Crippen molar-refractivity contribution in [1.82, 2.24) is 4.98 Å². The highest BCUT2D eigenvalue weighted by Crippen LogP contribution is 2.29. The van der Waals surface area contributed by atoms with Crippen molar-refractivity contribution >= 4 is 32.4 Å². The summed E-state index contributed by atoms with van der Waals surface area (Å²) in [5, 5.41) is -0.529. The van der Waals surface area contributed by atoms with Crippen LogP contribution < -0.4 is 4.90 Å². The average molecular weight is 274 g/mol. The maximum absolute atomic E-state index is 7.89. The molecule has 0 saturated carbocycles. The molecule has 0 atom stereocenters. The first-order valence-corrected chi connectivity index (χ1v) is 4.73. The molecule has 0 radical (unpaired) electrons. The topological polar surface area (TPSA) is 25.4 Å². The molecule has 0 unspecified atom stereocenters. The van der Waals surface area contributed by atoms with Crippen LogP contribution in [0.3, 0.4) is 0 Å². The van der Waals surface area contributed by atoms with E-state index in [4.69, 9.17) is 15.1 Å². The third-order valence-corrected chi connectivity index (χ3v) is 2.87. The summed E-state index contributed by atoms with van der Waals surface area (Å²) in [5.41, 5.74) is 0. The lowest BCUT2D eigenvalue weighted by Crippen LogP contribution is -2.36. The second-order valence-corrected chi connectivity index (χ2v) is 3.71. The molecule has 72 valence electrons. The Morgan fingerprint density at radius 1 is 1.69 bits per heavy atom. The quantitative estimate of drug-likeness (QED) is 0.783. The maximum Gasteiger partial charge on any atom is 0.186 e. The number of aryl methyl sites for hydroxylation is 1. The van der Waals surface area contributed by atoms with Crippen molar-refractivity contribution in [2.45, 2.75) is 6.85 Å². The van der Waals surface area contributed by atoms with Gasteiger partial charge in [-0.05, 0) is 22.8 Å². The maximum atomic E-state index is 7.89. The lowest BCUT2D eigenvalue weighted by Gasteiger charge is -2.25. The van der Waals surface area contributed by atoms with E-state index in [-0.39, 0.29) is 14.4 Å². The normalized spacial score (nSPS) is 46.8. The van der Waals surface area contributed by atoms with Crippen molar-refractivity contribution in [2.75, 3.05) is 31.0 Å². The number of anilines is 1. The summed E-state index contributed by atoms with van der Waals surface area (Å²) in [6.45, 7) is -15.4. The Morgan fingerprint density at radius 2 is 2.46 bits per heavy atom. The number of nitrogens with zero attached hydrogens (tertiary/aromatic N) is 2. The van der Waals surface area contributed by atoms with Gasteiger partial charge in [0.2, 0.25) is 0 Å². The molecule has 1 aliphatic heterocycles. The van der Waals surface area contributed by atoms with Crippen LogP contribution in [-0.2, 0) is 4.74 Å². The van der Waals surface area contributed by atoms with Gasteiger partial charge in [0, 0.05) is 22.0 Å². The van der Waals surface area contributed by atoms with E-state index >= 15 is 0 Å². The second kappa shape index (κ2) is 3.94. The first-order valence-electron chi connectivity index (χ1n) is 8.62. The zero-order chi connectivity index (χ0) is 18.9. The van der Waals surface area contributed by atoms with E-state index in [9.17, 15) is 0 Å². The van der Waals surface area contributed by atoms with E-state index in [0.717, 1.165) is 0 Å². The zero-order valence-electron chi connectivity index (χ0n) is 17.1. The molecule has 1 aromatic heterocycles. The van der Waals surface area contributed by atoms with Crippen molar-refractivity contribution < 1.29 is 19.8 Å². The van der Waals surface area contributed by atoms with E-state index in [1.54, 1.807) is 0 Å². The minimum Gasteiger partial charge on any atom is -0.378 e. The first-order chi connectivity index (χ1) is 10.5. The molecule has 5 heteroatoms. The molecule has 0 amide bonds. The first kappa shape index (κ1) is 2.93. The van der Waals surface area contributed by atoms with Gasteiger partial charge in [-0.3, -0.25) is 0 Å². The van der Waals surface area contributed by atoms with Crippen LogP contribution in [0.5, 0.6) is 0 Å². The predicted molar refractivity (Wildman–Crippen MR) is 57.6 cm³/mol. The standard InChI is InChI=1S/C8H11BrN2OS/c1-6-7(9)10-8(13-6)11-2-4-12-5-3-11/h2-5H2,1H3/i1D3,2D2,3D2,4D2,5D2. The van der Waals surface area contributed by atoms with Crippen molar-refractivity contribution in [3.05, 3.63) is 9.48 Å². The van der Waals surface area contributed by atoms with Gasteiger partial charge in [-0.1, -0.05) is 0 Å². The zero-order valence-corrected chi connectivity index (χ0v) is 8.49. The largest absolute Gasteiger partial charge is 0.378 e. The van der Waals surface area contributed by atoms with E-state index in [2.05, 4.69) is 25.7 Å². The SMILES string of the molecule is [2H]C([2H])([2H])c1sc(N2C([2H])([2H])C([2H])([2H])OC([2H])([2H])C2([2H])[2H])nc1Br. The second-order valence-electron chi connectivity index (χ2n) is 1.98. The molecule has 0 N–H and O–H groups in total. The Balaban J connectivity index is 2.69. The van der Waals surface area contributed by atoms with Crippen LogP contribution in [0.2, 0.25) is 0 Å². The number of aromatic nitrogens is 1. The summed E-state index contributed by atoms with van der Waals surface area (Å²) in [6, 6.07) is 0. The smallest absolute Gasteiger partial charge is 0.186 e. The minimum atomic E-state index is -3.22. The number of rotatable bonds is 1. The molecular weight excluding hydrogens is 252 g/mol. The lowest BCUT2D eigenvalue weighted by atomic mass is 10.5. The van der Waals surface area contributed by atoms with Crippen LogP contribution in [0.4, 0.5) is 5.13 Å². The van der Waals surface area contributed by atoms with Crippen LogP contribution >= 0.6 is 27.3 Å². The summed E-state index contributed by atoms with van der Waals surface area (Å²) in [6.07, 6.45) is 0. The van der Waals surface area contributed by atoms with Gasteiger partial charge in [-0.2, -0.15) is 0 Å². The van der Waals surface area contributed by atoms with Gasteiger partial charge in [0.05, 0.1) is 24.1 Å². The summed E-state index contributed by atoms with van der Waals surface area (Å²) < 4.78 is 88.3. The van der Waals surface area contributed by atoms with E-state index < -0.39 is 38.1 Å². The highest BCUT2D eigenvalue weighted by molar-refractivity contribution is 9.10. The van der Waals surface area contributed by atoms with Crippen molar-refractivity contribution in [3.8, 4) is 0 Å². The number of ether oxygens (including phenoxy) is 1. The molecule has 1 aliphatic rings. The molecule has 0 bridgehead atoms. The highest BCUT2D eigenvalue weighted by atomic mass is 79.9. The number of hydrogen-bond acceptors (Lipinski definition) is 4. The van der Waals surface area contributed by atoms with Crippen molar-refractivity contribution in [1.29, 1.82) is 0 Å². The Bertz CT molecular complexity index is 631. The summed E-state index contributed by atoms with van der Waals surface area (Å²) in [7, 11) is 0. The van der Waals surface area contributed by atoms with Crippen molar-refractivity contribution in [3.63, 3.8) is 0 Å². The molecule has 1 saturated heterocycles. The summed E-state index contributed by atoms with van der Waals surface area (Å²) in [4.78, 5) is 3.61. The molecular formula is C8H11BrN2OS. The molecule has 2 heterocycles. The molecule has 1 fully saturated rings. The molecule has 2 rings (SSSR count). The summed E-state index contributed by atoms with van der Waals surface area (Å²) in [5.74, 6) is 0. The summed E-state index contributed by atoms with van der Waals surface area (Å²) >= 11 is 3.32. The van der Waals surface area contributed by atoms with Gasteiger partial charge in [-0.25, -0.2) is 4.98 Å². The molecule has 0 aliphatic carbocycles. The molecule has 13 heavy (non-hydrogen) atoms. The van der Waals surface area contributed by atoms with E-state index in [0.29, 0.717) is 11.3 Å². The minimum absolute atomic E-state index is 0.147. The Labute approximate surface area is 105 Å². The number of hydrogen-bond donors (Lipinski definition) is 0. The van der Waals surface area contributed by atoms with Gasteiger partial charge < -0.3 is 9.64 Å². The fraction of sp³-hybridized carbons (Fsp3) is 0.625. The Morgan fingerprint density at radius 3 is 3.08 bits per heavy atom. The fourth-order valence-corrected chi connectivity index (χ4v) is 1.83. The number of thiazole rings is 1. The van der Waals surface area contributed by atoms with Gasteiger partial charge in [0.25, 0.3) is 0 Å². The fourth-order valence-electron chi connectivity index (χ4n) is 0.673.